The van der Waals surface area contributed by atoms with E-state index in [2.05, 4.69) is 5.16 Å². The van der Waals surface area contributed by atoms with Crippen molar-refractivity contribution in [3.8, 4) is 0 Å². The lowest BCUT2D eigenvalue weighted by Crippen LogP contribution is -2.08. The first-order chi connectivity index (χ1) is 12.6. The molecule has 4 nitrogen and oxygen atoms in total. The van der Waals surface area contributed by atoms with Gasteiger partial charge in [0.1, 0.15) is 0 Å². The van der Waals surface area contributed by atoms with E-state index in [0.29, 0.717) is 29.2 Å². The van der Waals surface area contributed by atoms with Gasteiger partial charge in [-0.3, -0.25) is 9.00 Å². The zero-order valence-electron chi connectivity index (χ0n) is 14.5. The third-order valence-corrected chi connectivity index (χ3v) is 5.60. The molecule has 26 heavy (non-hydrogen) atoms. The second-order valence-corrected chi connectivity index (χ2v) is 8.02. The van der Waals surface area contributed by atoms with Crippen LogP contribution in [0.3, 0.4) is 0 Å². The van der Waals surface area contributed by atoms with Crippen molar-refractivity contribution in [2.24, 2.45) is 0 Å². The Bertz CT molecular complexity index is 974. The Morgan fingerprint density at radius 1 is 1.15 bits per heavy atom. The fraction of sp³-hybridized carbons (Fsp3) is 0.238. The number of carbonyl (C=O) groups excluding carboxylic acids is 1. The zero-order valence-corrected chi connectivity index (χ0v) is 15.3. The van der Waals surface area contributed by atoms with Gasteiger partial charge in [0.15, 0.2) is 11.5 Å². The second kappa shape index (κ2) is 7.00. The summed E-state index contributed by atoms with van der Waals surface area (Å²) in [7, 11) is -1.10. The first-order valence-corrected chi connectivity index (χ1v) is 10.2. The molecule has 1 atom stereocenters. The number of aromatic nitrogens is 1. The predicted octanol–water partition coefficient (Wildman–Crippen LogP) is 4.11. The second-order valence-electron chi connectivity index (χ2n) is 6.64. The number of ketones is 1. The number of benzene rings is 2. The minimum Gasteiger partial charge on any atom is -0.360 e. The highest BCUT2D eigenvalue weighted by atomic mass is 32.2. The minimum atomic E-state index is -1.10. The van der Waals surface area contributed by atoms with Gasteiger partial charge in [-0.1, -0.05) is 35.5 Å². The Balaban J connectivity index is 1.75. The SMILES string of the molecule is CS(=O)c1ccc(C(=O)c2cnoc2C2CC2)c(Cc2ccccc2)c1. The van der Waals surface area contributed by atoms with Crippen LogP contribution in [0.5, 0.6) is 0 Å². The van der Waals surface area contributed by atoms with E-state index < -0.39 is 10.8 Å². The predicted molar refractivity (Wildman–Crippen MR) is 99.9 cm³/mol. The van der Waals surface area contributed by atoms with E-state index in [9.17, 15) is 9.00 Å². The van der Waals surface area contributed by atoms with Crippen molar-refractivity contribution in [3.63, 3.8) is 0 Å². The lowest BCUT2D eigenvalue weighted by atomic mass is 9.94. The van der Waals surface area contributed by atoms with Gasteiger partial charge < -0.3 is 4.52 Å². The van der Waals surface area contributed by atoms with Crippen molar-refractivity contribution in [2.45, 2.75) is 30.1 Å². The summed E-state index contributed by atoms with van der Waals surface area (Å²) in [6.45, 7) is 0. The van der Waals surface area contributed by atoms with Gasteiger partial charge in [0, 0.05) is 33.4 Å². The molecular formula is C21H19NO3S. The van der Waals surface area contributed by atoms with E-state index in [-0.39, 0.29) is 5.78 Å². The summed E-state index contributed by atoms with van der Waals surface area (Å²) >= 11 is 0. The van der Waals surface area contributed by atoms with Crippen molar-refractivity contribution < 1.29 is 13.5 Å². The lowest BCUT2D eigenvalue weighted by molar-refractivity contribution is 0.103. The molecule has 1 heterocycles. The topological polar surface area (TPSA) is 60.2 Å². The van der Waals surface area contributed by atoms with Gasteiger partial charge in [0.05, 0.1) is 11.8 Å². The molecule has 2 aromatic carbocycles. The number of hydrogen-bond donors (Lipinski definition) is 0. The number of hydrogen-bond acceptors (Lipinski definition) is 4. The highest BCUT2D eigenvalue weighted by molar-refractivity contribution is 7.84. The van der Waals surface area contributed by atoms with E-state index in [0.717, 1.165) is 28.9 Å². The summed E-state index contributed by atoms with van der Waals surface area (Å²) in [6.07, 6.45) is 5.86. The van der Waals surface area contributed by atoms with Gasteiger partial charge in [-0.15, -0.1) is 0 Å². The van der Waals surface area contributed by atoms with Gasteiger partial charge in [-0.25, -0.2) is 0 Å². The average Bonchev–Trinajstić information content (AvgIpc) is 3.38. The average molecular weight is 365 g/mol. The lowest BCUT2D eigenvalue weighted by Gasteiger charge is -2.11. The number of nitrogens with zero attached hydrogens (tertiary/aromatic N) is 1. The third kappa shape index (κ3) is 3.40. The van der Waals surface area contributed by atoms with Gasteiger partial charge in [0.25, 0.3) is 0 Å². The Kier molecular flexibility index (Phi) is 4.55. The molecule has 1 saturated carbocycles. The van der Waals surface area contributed by atoms with Crippen LogP contribution in [0, 0.1) is 0 Å². The molecule has 132 valence electrons. The van der Waals surface area contributed by atoms with E-state index in [1.165, 1.54) is 6.20 Å². The molecule has 4 rings (SSSR count). The fourth-order valence-corrected chi connectivity index (χ4v) is 3.70. The van der Waals surface area contributed by atoms with Gasteiger partial charge in [-0.05, 0) is 48.6 Å². The molecular weight excluding hydrogens is 346 g/mol. The molecule has 5 heteroatoms. The van der Waals surface area contributed by atoms with Crippen molar-refractivity contribution in [3.05, 3.63) is 82.7 Å². The molecule has 0 radical (unpaired) electrons. The van der Waals surface area contributed by atoms with Gasteiger partial charge in [-0.2, -0.15) is 0 Å². The van der Waals surface area contributed by atoms with Gasteiger partial charge >= 0.3 is 0 Å². The van der Waals surface area contributed by atoms with Crippen LogP contribution in [0.1, 0.15) is 51.6 Å². The summed E-state index contributed by atoms with van der Waals surface area (Å²) in [5.74, 6) is 0.938. The van der Waals surface area contributed by atoms with Crippen LogP contribution in [-0.4, -0.2) is 21.4 Å². The maximum atomic E-state index is 13.2. The minimum absolute atomic E-state index is 0.0764. The molecule has 0 N–H and O–H groups in total. The van der Waals surface area contributed by atoms with E-state index in [1.807, 2.05) is 36.4 Å². The van der Waals surface area contributed by atoms with Crippen LogP contribution in [0.4, 0.5) is 0 Å². The molecule has 1 aliphatic rings. The smallest absolute Gasteiger partial charge is 0.198 e. The summed E-state index contributed by atoms with van der Waals surface area (Å²) in [6, 6.07) is 15.4. The highest BCUT2D eigenvalue weighted by Crippen LogP contribution is 2.42. The van der Waals surface area contributed by atoms with E-state index in [1.54, 1.807) is 18.4 Å². The number of carbonyl (C=O) groups is 1. The fourth-order valence-electron chi connectivity index (χ4n) is 3.14. The first kappa shape index (κ1) is 16.9. The Morgan fingerprint density at radius 3 is 2.62 bits per heavy atom. The van der Waals surface area contributed by atoms with Crippen molar-refractivity contribution >= 4 is 16.6 Å². The molecule has 1 fully saturated rings. The number of rotatable bonds is 6. The van der Waals surface area contributed by atoms with E-state index in [4.69, 9.17) is 4.52 Å². The maximum absolute atomic E-state index is 13.2. The molecule has 0 bridgehead atoms. The molecule has 0 aliphatic heterocycles. The monoisotopic (exact) mass is 365 g/mol. The molecule has 0 saturated heterocycles. The molecule has 1 unspecified atom stereocenters. The normalized spacial score (nSPS) is 15.0. The largest absolute Gasteiger partial charge is 0.360 e. The Morgan fingerprint density at radius 2 is 1.92 bits per heavy atom. The summed E-state index contributed by atoms with van der Waals surface area (Å²) in [4.78, 5) is 13.9. The quantitative estimate of drug-likeness (QED) is 0.617. The highest BCUT2D eigenvalue weighted by Gasteiger charge is 2.33. The maximum Gasteiger partial charge on any atom is 0.198 e. The van der Waals surface area contributed by atoms with Crippen LogP contribution in [0.15, 0.2) is 64.1 Å². The first-order valence-electron chi connectivity index (χ1n) is 8.63. The van der Waals surface area contributed by atoms with Crippen LogP contribution in [0.25, 0.3) is 0 Å². The molecule has 1 aromatic heterocycles. The van der Waals surface area contributed by atoms with Crippen molar-refractivity contribution in [1.82, 2.24) is 5.16 Å². The van der Waals surface area contributed by atoms with Crippen LogP contribution >= 0.6 is 0 Å². The van der Waals surface area contributed by atoms with Crippen molar-refractivity contribution in [1.29, 1.82) is 0 Å². The summed E-state index contributed by atoms with van der Waals surface area (Å²) < 4.78 is 17.2. The third-order valence-electron chi connectivity index (χ3n) is 4.68. The zero-order chi connectivity index (χ0) is 18.1. The molecule has 0 spiro atoms. The van der Waals surface area contributed by atoms with Gasteiger partial charge in [0.2, 0.25) is 0 Å². The Hall–Kier alpha value is -2.53. The molecule has 3 aromatic rings. The standard InChI is InChI=1S/C21H19NO3S/c1-26(24)17-9-10-18(16(12-17)11-14-5-3-2-4-6-14)20(23)19-13-22-25-21(19)15-7-8-15/h2-6,9-10,12-13,15H,7-8,11H2,1H3. The summed E-state index contributed by atoms with van der Waals surface area (Å²) in [5, 5.41) is 3.84. The van der Waals surface area contributed by atoms with Crippen LogP contribution < -0.4 is 0 Å². The van der Waals surface area contributed by atoms with E-state index >= 15 is 0 Å². The molecule has 0 amide bonds. The van der Waals surface area contributed by atoms with Crippen LogP contribution in [0.2, 0.25) is 0 Å². The Labute approximate surface area is 154 Å². The summed E-state index contributed by atoms with van der Waals surface area (Å²) in [5.41, 5.74) is 3.14. The van der Waals surface area contributed by atoms with Crippen molar-refractivity contribution in [2.75, 3.05) is 6.26 Å². The van der Waals surface area contributed by atoms with Crippen LogP contribution in [-0.2, 0) is 17.2 Å². The molecule has 1 aliphatic carbocycles.